The minimum absolute atomic E-state index is 0.365. The van der Waals surface area contributed by atoms with Gasteiger partial charge in [-0.2, -0.15) is 0 Å². The van der Waals surface area contributed by atoms with E-state index in [1.54, 1.807) is 0 Å². The van der Waals surface area contributed by atoms with Gasteiger partial charge in [0.05, 0.1) is 11.4 Å². The average molecular weight is 287 g/mol. The van der Waals surface area contributed by atoms with Gasteiger partial charge in [-0.1, -0.05) is 46.1 Å². The molecule has 0 saturated heterocycles. The van der Waals surface area contributed by atoms with Crippen molar-refractivity contribution < 1.29 is 0 Å². The van der Waals surface area contributed by atoms with E-state index in [0.29, 0.717) is 5.41 Å². The van der Waals surface area contributed by atoms with Crippen LogP contribution in [0.2, 0.25) is 0 Å². The average Bonchev–Trinajstić information content (AvgIpc) is 2.75. The second-order valence-corrected chi connectivity index (χ2v) is 6.80. The van der Waals surface area contributed by atoms with E-state index in [1.807, 2.05) is 6.07 Å². The molecule has 0 aliphatic carbocycles. The first kappa shape index (κ1) is 16.0. The first-order valence-corrected chi connectivity index (χ1v) is 8.17. The number of pyridine rings is 1. The number of fused-ring (bicyclic) bond motifs is 1. The lowest BCUT2D eigenvalue weighted by Gasteiger charge is -2.25. The Labute approximate surface area is 128 Å². The van der Waals surface area contributed by atoms with Gasteiger partial charge in [-0.15, -0.1) is 0 Å². The number of aromatic nitrogens is 2. The summed E-state index contributed by atoms with van der Waals surface area (Å²) in [4.78, 5) is 4.61. The van der Waals surface area contributed by atoms with Gasteiger partial charge in [0.2, 0.25) is 0 Å². The fourth-order valence-electron chi connectivity index (χ4n) is 2.84. The van der Waals surface area contributed by atoms with Gasteiger partial charge >= 0.3 is 0 Å². The molecule has 0 fully saturated rings. The number of unbranched alkanes of at least 4 members (excludes halogenated alkanes) is 2. The van der Waals surface area contributed by atoms with Gasteiger partial charge in [-0.3, -0.25) is 0 Å². The van der Waals surface area contributed by atoms with E-state index in [0.717, 1.165) is 24.4 Å². The van der Waals surface area contributed by atoms with Gasteiger partial charge in [-0.05, 0) is 30.9 Å². The first-order chi connectivity index (χ1) is 10.0. The van der Waals surface area contributed by atoms with E-state index >= 15 is 0 Å². The highest BCUT2D eigenvalue weighted by molar-refractivity contribution is 5.42. The number of imidazole rings is 1. The zero-order valence-electron chi connectivity index (χ0n) is 13.9. The van der Waals surface area contributed by atoms with Gasteiger partial charge in [0.1, 0.15) is 5.65 Å². The molecular formula is C18H29N3. The molecule has 0 amide bonds. The van der Waals surface area contributed by atoms with Crippen LogP contribution < -0.4 is 5.32 Å². The number of nitrogens with one attached hydrogen (secondary N) is 1. The van der Waals surface area contributed by atoms with Crippen molar-refractivity contribution >= 4 is 5.65 Å². The van der Waals surface area contributed by atoms with Crippen molar-refractivity contribution in [3.05, 3.63) is 35.8 Å². The second-order valence-electron chi connectivity index (χ2n) is 6.80. The van der Waals surface area contributed by atoms with Gasteiger partial charge in [0.25, 0.3) is 0 Å². The highest BCUT2D eigenvalue weighted by atomic mass is 15.0. The molecule has 2 rings (SSSR count). The monoisotopic (exact) mass is 287 g/mol. The molecule has 3 nitrogen and oxygen atoms in total. The van der Waals surface area contributed by atoms with Crippen LogP contribution in [0.25, 0.3) is 5.65 Å². The van der Waals surface area contributed by atoms with E-state index in [-0.39, 0.29) is 0 Å². The maximum Gasteiger partial charge on any atom is 0.137 e. The molecule has 0 aliphatic rings. The zero-order valence-corrected chi connectivity index (χ0v) is 13.9. The Hall–Kier alpha value is -1.35. The largest absolute Gasteiger partial charge is 0.311 e. The summed E-state index contributed by atoms with van der Waals surface area (Å²) in [6.07, 6.45) is 7.36. The lowest BCUT2D eigenvalue weighted by molar-refractivity contribution is 0.301. The molecule has 0 spiro atoms. The highest BCUT2D eigenvalue weighted by Gasteiger charge is 2.17. The SMILES string of the molecule is CCCCCC(C)(C)CNCc1c(C)nc2ccccn12. The lowest BCUT2D eigenvalue weighted by atomic mass is 9.87. The van der Waals surface area contributed by atoms with Gasteiger partial charge in [0.15, 0.2) is 0 Å². The molecular weight excluding hydrogens is 258 g/mol. The minimum atomic E-state index is 0.365. The van der Waals surface area contributed by atoms with Crippen molar-refractivity contribution in [3.63, 3.8) is 0 Å². The number of rotatable bonds is 8. The van der Waals surface area contributed by atoms with Gasteiger partial charge in [0, 0.05) is 19.3 Å². The quantitative estimate of drug-likeness (QED) is 0.732. The Morgan fingerprint density at radius 1 is 1.24 bits per heavy atom. The number of aryl methyl sites for hydroxylation is 1. The van der Waals surface area contributed by atoms with E-state index in [1.165, 1.54) is 31.4 Å². The van der Waals surface area contributed by atoms with Crippen LogP contribution in [0.5, 0.6) is 0 Å². The number of hydrogen-bond acceptors (Lipinski definition) is 2. The van der Waals surface area contributed by atoms with Crippen molar-refractivity contribution in [2.45, 2.75) is 59.9 Å². The third-order valence-corrected chi connectivity index (χ3v) is 4.18. The van der Waals surface area contributed by atoms with E-state index in [2.05, 4.69) is 60.7 Å². The molecule has 21 heavy (non-hydrogen) atoms. The maximum atomic E-state index is 4.61. The third-order valence-electron chi connectivity index (χ3n) is 4.18. The molecule has 0 atom stereocenters. The smallest absolute Gasteiger partial charge is 0.137 e. The Bertz CT molecular complexity index is 569. The van der Waals surface area contributed by atoms with Crippen LogP contribution in [0, 0.1) is 12.3 Å². The topological polar surface area (TPSA) is 29.3 Å². The molecule has 0 aromatic carbocycles. The van der Waals surface area contributed by atoms with Crippen molar-refractivity contribution in [1.82, 2.24) is 14.7 Å². The predicted octanol–water partition coefficient (Wildman–Crippen LogP) is 4.34. The lowest BCUT2D eigenvalue weighted by Crippen LogP contribution is -2.29. The van der Waals surface area contributed by atoms with Crippen LogP contribution >= 0.6 is 0 Å². The summed E-state index contributed by atoms with van der Waals surface area (Å²) >= 11 is 0. The molecule has 0 saturated carbocycles. The molecule has 116 valence electrons. The summed E-state index contributed by atoms with van der Waals surface area (Å²) in [5.74, 6) is 0. The summed E-state index contributed by atoms with van der Waals surface area (Å²) in [5.41, 5.74) is 3.80. The maximum absolute atomic E-state index is 4.61. The number of nitrogens with zero attached hydrogens (tertiary/aromatic N) is 2. The third kappa shape index (κ3) is 4.31. The summed E-state index contributed by atoms with van der Waals surface area (Å²) in [6.45, 7) is 11.0. The van der Waals surface area contributed by atoms with Crippen LogP contribution in [0.15, 0.2) is 24.4 Å². The molecule has 2 heterocycles. The fraction of sp³-hybridized carbons (Fsp3) is 0.611. The fourth-order valence-corrected chi connectivity index (χ4v) is 2.84. The normalized spacial score (nSPS) is 12.2. The predicted molar refractivity (Wildman–Crippen MR) is 89.6 cm³/mol. The Balaban J connectivity index is 1.91. The molecule has 2 aromatic heterocycles. The molecule has 0 bridgehead atoms. The van der Waals surface area contributed by atoms with E-state index in [9.17, 15) is 0 Å². The van der Waals surface area contributed by atoms with Crippen LogP contribution in [0.3, 0.4) is 0 Å². The van der Waals surface area contributed by atoms with Crippen molar-refractivity contribution in [2.75, 3.05) is 6.54 Å². The van der Waals surface area contributed by atoms with E-state index < -0.39 is 0 Å². The number of hydrogen-bond donors (Lipinski definition) is 1. The van der Waals surface area contributed by atoms with Crippen molar-refractivity contribution in [3.8, 4) is 0 Å². The van der Waals surface area contributed by atoms with Crippen LogP contribution in [-0.2, 0) is 6.54 Å². The second kappa shape index (κ2) is 7.08. The van der Waals surface area contributed by atoms with Gasteiger partial charge in [-0.25, -0.2) is 4.98 Å². The molecule has 2 aromatic rings. The first-order valence-electron chi connectivity index (χ1n) is 8.17. The van der Waals surface area contributed by atoms with Crippen molar-refractivity contribution in [2.24, 2.45) is 5.41 Å². The van der Waals surface area contributed by atoms with Gasteiger partial charge < -0.3 is 9.72 Å². The highest BCUT2D eigenvalue weighted by Crippen LogP contribution is 2.23. The Morgan fingerprint density at radius 2 is 2.05 bits per heavy atom. The Morgan fingerprint density at radius 3 is 2.81 bits per heavy atom. The molecule has 0 unspecified atom stereocenters. The summed E-state index contributed by atoms with van der Waals surface area (Å²) in [7, 11) is 0. The van der Waals surface area contributed by atoms with Crippen molar-refractivity contribution in [1.29, 1.82) is 0 Å². The molecule has 3 heteroatoms. The van der Waals surface area contributed by atoms with Crippen LogP contribution in [0.1, 0.15) is 57.8 Å². The summed E-state index contributed by atoms with van der Waals surface area (Å²) in [6, 6.07) is 6.16. The molecule has 0 aliphatic heterocycles. The van der Waals surface area contributed by atoms with Crippen LogP contribution in [0.4, 0.5) is 0 Å². The molecule has 1 N–H and O–H groups in total. The van der Waals surface area contributed by atoms with Crippen LogP contribution in [-0.4, -0.2) is 15.9 Å². The summed E-state index contributed by atoms with van der Waals surface area (Å²) in [5, 5.41) is 3.63. The minimum Gasteiger partial charge on any atom is -0.311 e. The zero-order chi connectivity index (χ0) is 15.3. The Kier molecular flexibility index (Phi) is 5.40. The summed E-state index contributed by atoms with van der Waals surface area (Å²) < 4.78 is 2.19. The molecule has 0 radical (unpaired) electrons. The van der Waals surface area contributed by atoms with E-state index in [4.69, 9.17) is 0 Å². The standard InChI is InChI=1S/C18H29N3/c1-5-6-8-11-18(3,4)14-19-13-16-15(2)20-17-10-7-9-12-21(16)17/h7,9-10,12,19H,5-6,8,11,13-14H2,1-4H3.